The van der Waals surface area contributed by atoms with Crippen LogP contribution in [0.4, 0.5) is 0 Å². The molecule has 3 heterocycles. The molecule has 0 aliphatic carbocycles. The summed E-state index contributed by atoms with van der Waals surface area (Å²) in [5.74, 6) is 0.0522. The zero-order valence-corrected chi connectivity index (χ0v) is 18.6. The molecular weight excluding hydrogens is 392 g/mol. The zero-order chi connectivity index (χ0) is 21.3. The van der Waals surface area contributed by atoms with Crippen LogP contribution in [-0.4, -0.2) is 20.5 Å². The van der Waals surface area contributed by atoms with Crippen molar-refractivity contribution in [2.24, 2.45) is 0 Å². The van der Waals surface area contributed by atoms with Crippen LogP contribution in [0.1, 0.15) is 46.9 Å². The van der Waals surface area contributed by atoms with Crippen LogP contribution in [-0.2, 0) is 11.2 Å². The first kappa shape index (κ1) is 20.3. The fraction of sp³-hybridized carbons (Fsp3) is 0.292. The number of carbonyl (C=O) groups excluding carboxylic acids is 1. The van der Waals surface area contributed by atoms with Crippen LogP contribution in [0.3, 0.4) is 0 Å². The highest BCUT2D eigenvalue weighted by Gasteiger charge is 2.19. The van der Waals surface area contributed by atoms with E-state index in [1.807, 2.05) is 61.0 Å². The summed E-state index contributed by atoms with van der Waals surface area (Å²) < 4.78 is 1.92. The van der Waals surface area contributed by atoms with Gasteiger partial charge in [-0.1, -0.05) is 36.4 Å². The lowest BCUT2D eigenvalue weighted by Crippen LogP contribution is -2.26. The number of hydrogen-bond acceptors (Lipinski definition) is 4. The maximum absolute atomic E-state index is 12.5. The van der Waals surface area contributed by atoms with Gasteiger partial charge in [-0.05, 0) is 56.7 Å². The topological polar surface area (TPSA) is 59.3 Å². The van der Waals surface area contributed by atoms with E-state index in [2.05, 4.69) is 24.4 Å². The molecule has 1 atom stereocenters. The number of carbonyl (C=O) groups is 1. The van der Waals surface area contributed by atoms with Crippen LogP contribution >= 0.6 is 11.3 Å². The Morgan fingerprint density at radius 1 is 1.10 bits per heavy atom. The molecule has 0 bridgehead atoms. The van der Waals surface area contributed by atoms with Crippen molar-refractivity contribution in [2.75, 3.05) is 0 Å². The normalized spacial score (nSPS) is 12.3. The molecule has 0 saturated heterocycles. The average molecular weight is 419 g/mol. The molecule has 30 heavy (non-hydrogen) atoms. The fourth-order valence-electron chi connectivity index (χ4n) is 3.93. The van der Waals surface area contributed by atoms with Gasteiger partial charge in [-0.15, -0.1) is 11.3 Å². The summed E-state index contributed by atoms with van der Waals surface area (Å²) in [7, 11) is 0. The van der Waals surface area contributed by atoms with E-state index < -0.39 is 0 Å². The third-order valence-corrected chi connectivity index (χ3v) is 6.57. The summed E-state index contributed by atoms with van der Waals surface area (Å²) in [6.07, 6.45) is 1.07. The quantitative estimate of drug-likeness (QED) is 0.469. The Hall–Kier alpha value is -2.99. The van der Waals surface area contributed by atoms with Crippen LogP contribution in [0.5, 0.6) is 0 Å². The highest BCUT2D eigenvalue weighted by molar-refractivity contribution is 7.10. The van der Waals surface area contributed by atoms with Gasteiger partial charge < -0.3 is 5.32 Å². The van der Waals surface area contributed by atoms with E-state index in [4.69, 9.17) is 10.1 Å². The number of nitrogens with zero attached hydrogens (tertiary/aromatic N) is 3. The lowest BCUT2D eigenvalue weighted by Gasteiger charge is -2.14. The van der Waals surface area contributed by atoms with Gasteiger partial charge in [-0.3, -0.25) is 4.79 Å². The number of hydrogen-bond donors (Lipinski definition) is 1. The third kappa shape index (κ3) is 3.87. The van der Waals surface area contributed by atoms with Crippen molar-refractivity contribution >= 4 is 22.9 Å². The number of fused-ring (bicyclic) bond motifs is 1. The lowest BCUT2D eigenvalue weighted by molar-refractivity contribution is -0.121. The van der Waals surface area contributed by atoms with E-state index in [0.717, 1.165) is 39.4 Å². The Kier molecular flexibility index (Phi) is 5.68. The zero-order valence-electron chi connectivity index (χ0n) is 17.8. The van der Waals surface area contributed by atoms with E-state index in [0.29, 0.717) is 12.8 Å². The monoisotopic (exact) mass is 418 g/mol. The predicted octanol–water partition coefficient (Wildman–Crippen LogP) is 5.19. The first-order chi connectivity index (χ1) is 14.5. The smallest absolute Gasteiger partial charge is 0.220 e. The molecular formula is C24H26N4OS. The van der Waals surface area contributed by atoms with Crippen LogP contribution in [0.15, 0.2) is 47.8 Å². The van der Waals surface area contributed by atoms with Crippen LogP contribution < -0.4 is 5.32 Å². The molecule has 4 aromatic rings. The Bertz CT molecular complexity index is 1180. The van der Waals surface area contributed by atoms with Crippen molar-refractivity contribution in [2.45, 2.75) is 46.6 Å². The first-order valence-corrected chi connectivity index (χ1v) is 11.1. The van der Waals surface area contributed by atoms with Gasteiger partial charge in [0, 0.05) is 28.2 Å². The Morgan fingerprint density at radius 3 is 2.57 bits per heavy atom. The highest BCUT2D eigenvalue weighted by Crippen LogP contribution is 2.29. The Balaban J connectivity index is 1.57. The van der Waals surface area contributed by atoms with Gasteiger partial charge in [0.05, 0.1) is 11.7 Å². The van der Waals surface area contributed by atoms with Gasteiger partial charge in [0.15, 0.2) is 5.65 Å². The van der Waals surface area contributed by atoms with Crippen LogP contribution in [0.25, 0.3) is 16.8 Å². The molecule has 6 heteroatoms. The fourth-order valence-corrected chi connectivity index (χ4v) is 4.67. The van der Waals surface area contributed by atoms with Crippen molar-refractivity contribution in [3.8, 4) is 11.1 Å². The molecule has 0 unspecified atom stereocenters. The van der Waals surface area contributed by atoms with Crippen molar-refractivity contribution < 1.29 is 4.79 Å². The molecule has 0 spiro atoms. The van der Waals surface area contributed by atoms with Crippen molar-refractivity contribution in [1.29, 1.82) is 0 Å². The maximum atomic E-state index is 12.5. The molecule has 3 aromatic heterocycles. The van der Waals surface area contributed by atoms with Crippen LogP contribution in [0, 0.1) is 20.8 Å². The minimum Gasteiger partial charge on any atom is -0.349 e. The van der Waals surface area contributed by atoms with Gasteiger partial charge in [0.1, 0.15) is 0 Å². The number of aromatic nitrogens is 3. The highest BCUT2D eigenvalue weighted by atomic mass is 32.1. The van der Waals surface area contributed by atoms with Gasteiger partial charge in [0.25, 0.3) is 0 Å². The Morgan fingerprint density at radius 2 is 1.87 bits per heavy atom. The SMILES string of the molecule is Cc1nc2c(-c3ccccc3)c(C)nn2c(C)c1CCC(=O)N[C@@H](C)c1cccs1. The minimum atomic E-state index is 0.0301. The summed E-state index contributed by atoms with van der Waals surface area (Å²) in [6.45, 7) is 8.12. The number of rotatable bonds is 6. The maximum Gasteiger partial charge on any atom is 0.220 e. The molecule has 154 valence electrons. The molecule has 1 amide bonds. The molecule has 5 nitrogen and oxygen atoms in total. The Labute approximate surface area is 180 Å². The van der Waals surface area contributed by atoms with E-state index in [1.54, 1.807) is 11.3 Å². The number of benzene rings is 1. The predicted molar refractivity (Wildman–Crippen MR) is 122 cm³/mol. The summed E-state index contributed by atoms with van der Waals surface area (Å²) in [5.41, 5.74) is 7.09. The van der Waals surface area contributed by atoms with Crippen LogP contribution in [0.2, 0.25) is 0 Å². The van der Waals surface area contributed by atoms with E-state index in [-0.39, 0.29) is 11.9 Å². The first-order valence-electron chi connectivity index (χ1n) is 10.2. The van der Waals surface area contributed by atoms with Gasteiger partial charge in [-0.2, -0.15) is 5.10 Å². The lowest BCUT2D eigenvalue weighted by atomic mass is 10.0. The molecule has 4 rings (SSSR count). The molecule has 0 aliphatic rings. The number of thiophene rings is 1. The second-order valence-corrected chi connectivity index (χ2v) is 8.61. The van der Waals surface area contributed by atoms with E-state index in [9.17, 15) is 4.79 Å². The molecule has 0 radical (unpaired) electrons. The molecule has 0 saturated carbocycles. The van der Waals surface area contributed by atoms with Gasteiger partial charge >= 0.3 is 0 Å². The summed E-state index contributed by atoms with van der Waals surface area (Å²) in [6, 6.07) is 14.3. The standard InChI is InChI=1S/C24H26N4OS/c1-15-20(12-13-22(29)25-16(2)21-11-8-14-30-21)18(4)28-24(26-15)23(17(3)27-28)19-9-6-5-7-10-19/h5-11,14,16H,12-13H2,1-4H3,(H,25,29)/t16-/m0/s1. The summed E-state index contributed by atoms with van der Waals surface area (Å²) in [5, 5.41) is 9.88. The number of nitrogens with one attached hydrogen (secondary N) is 1. The van der Waals surface area contributed by atoms with Gasteiger partial charge in [0.2, 0.25) is 5.91 Å². The number of amides is 1. The molecule has 1 N–H and O–H groups in total. The van der Waals surface area contributed by atoms with Crippen molar-refractivity contribution in [3.63, 3.8) is 0 Å². The second kappa shape index (κ2) is 8.40. The third-order valence-electron chi connectivity index (χ3n) is 5.51. The molecule has 1 aromatic carbocycles. The second-order valence-electron chi connectivity index (χ2n) is 7.63. The van der Waals surface area contributed by atoms with Crippen molar-refractivity contribution in [1.82, 2.24) is 19.9 Å². The average Bonchev–Trinajstić information content (AvgIpc) is 3.36. The largest absolute Gasteiger partial charge is 0.349 e. The molecule has 0 aliphatic heterocycles. The number of aryl methyl sites for hydroxylation is 3. The van der Waals surface area contributed by atoms with E-state index >= 15 is 0 Å². The molecule has 0 fully saturated rings. The van der Waals surface area contributed by atoms with Crippen molar-refractivity contribution in [3.05, 3.63) is 75.4 Å². The summed E-state index contributed by atoms with van der Waals surface area (Å²) >= 11 is 1.66. The van der Waals surface area contributed by atoms with E-state index in [1.165, 1.54) is 4.88 Å². The minimum absolute atomic E-state index is 0.0301. The van der Waals surface area contributed by atoms with Gasteiger partial charge in [-0.25, -0.2) is 9.50 Å². The summed E-state index contributed by atoms with van der Waals surface area (Å²) in [4.78, 5) is 18.6.